The van der Waals surface area contributed by atoms with Gasteiger partial charge in [-0.15, -0.1) is 0 Å². The maximum absolute atomic E-state index is 9.73. The number of hydrogen-bond donors (Lipinski definition) is 2. The van der Waals surface area contributed by atoms with E-state index in [0.717, 1.165) is 63.5 Å². The van der Waals surface area contributed by atoms with Gasteiger partial charge in [0.1, 0.15) is 0 Å². The first kappa shape index (κ1) is 21.5. The highest BCUT2D eigenvalue weighted by molar-refractivity contribution is 6.80. The van der Waals surface area contributed by atoms with Crippen molar-refractivity contribution < 1.29 is 23.2 Å². The topological polar surface area (TPSA) is 68.2 Å². The average molecular weight is 391 g/mol. The van der Waals surface area contributed by atoms with Gasteiger partial charge in [-0.2, -0.15) is 0 Å². The number of rotatable bonds is 8. The van der Waals surface area contributed by atoms with Crippen molar-refractivity contribution in [1.82, 2.24) is 0 Å². The molecule has 148 valence electrons. The third kappa shape index (κ3) is 6.72. The van der Waals surface area contributed by atoms with Gasteiger partial charge in [-0.05, 0) is 88.4 Å². The van der Waals surface area contributed by atoms with Crippen LogP contribution in [0.2, 0.25) is 25.2 Å². The molecule has 0 bridgehead atoms. The highest BCUT2D eigenvalue weighted by Gasteiger charge is 2.45. The van der Waals surface area contributed by atoms with Crippen molar-refractivity contribution in [2.45, 2.75) is 88.8 Å². The summed E-state index contributed by atoms with van der Waals surface area (Å²) < 4.78 is 18.6. The molecule has 0 spiro atoms. The molecule has 0 heterocycles. The lowest BCUT2D eigenvalue weighted by molar-refractivity contribution is 0.107. The second-order valence-electron chi connectivity index (χ2n) is 8.54. The molecule has 0 aromatic rings. The Morgan fingerprint density at radius 3 is 1.28 bits per heavy atom. The van der Waals surface area contributed by atoms with E-state index in [1.165, 1.54) is 0 Å². The maximum atomic E-state index is 9.73. The zero-order chi connectivity index (χ0) is 18.5. The molecule has 2 aliphatic rings. The molecule has 2 rings (SSSR count). The lowest BCUT2D eigenvalue weighted by atomic mass is 9.89. The summed E-state index contributed by atoms with van der Waals surface area (Å²) in [5, 5.41) is 19.5. The number of hydrogen-bond acceptors (Lipinski definition) is 5. The van der Waals surface area contributed by atoms with Crippen LogP contribution in [-0.4, -0.2) is 53.8 Å². The summed E-state index contributed by atoms with van der Waals surface area (Å²) >= 11 is 0. The van der Waals surface area contributed by atoms with Crippen LogP contribution >= 0.6 is 0 Å². The molecule has 0 amide bonds. The smallest absolute Gasteiger partial charge is 0.326 e. The van der Waals surface area contributed by atoms with Crippen LogP contribution in [0.25, 0.3) is 0 Å². The Morgan fingerprint density at radius 1 is 0.680 bits per heavy atom. The molecule has 2 atom stereocenters. The standard InChI is InChI=1S/C18H38O5Si2/c1-21-24(3,13-15-5-9-17(19)10-6-15)23-25(4,22-2)14-16-7-11-18(20)12-8-16/h15-20H,5-14H2,1-4H3. The van der Waals surface area contributed by atoms with Gasteiger partial charge in [0.15, 0.2) is 0 Å². The van der Waals surface area contributed by atoms with E-state index in [0.29, 0.717) is 11.8 Å². The Morgan fingerprint density at radius 2 is 1.00 bits per heavy atom. The predicted molar refractivity (Wildman–Crippen MR) is 104 cm³/mol. The van der Waals surface area contributed by atoms with Crippen LogP contribution in [0.5, 0.6) is 0 Å². The lowest BCUT2D eigenvalue weighted by Crippen LogP contribution is -2.53. The second-order valence-corrected chi connectivity index (χ2v) is 15.5. The molecular formula is C18H38O5Si2. The van der Waals surface area contributed by atoms with Crippen LogP contribution in [-0.2, 0) is 13.0 Å². The summed E-state index contributed by atoms with van der Waals surface area (Å²) in [6.07, 6.45) is 7.67. The van der Waals surface area contributed by atoms with Crippen LogP contribution in [0.4, 0.5) is 0 Å². The molecule has 5 nitrogen and oxygen atoms in total. The Kier molecular flexibility index (Phi) is 8.13. The van der Waals surface area contributed by atoms with E-state index < -0.39 is 17.1 Å². The molecule has 0 radical (unpaired) electrons. The van der Waals surface area contributed by atoms with Crippen molar-refractivity contribution in [1.29, 1.82) is 0 Å². The van der Waals surface area contributed by atoms with Crippen LogP contribution in [0.3, 0.4) is 0 Å². The molecular weight excluding hydrogens is 352 g/mol. The third-order valence-corrected chi connectivity index (χ3v) is 14.1. The van der Waals surface area contributed by atoms with E-state index in [4.69, 9.17) is 13.0 Å². The quantitative estimate of drug-likeness (QED) is 0.620. The molecule has 0 aromatic heterocycles. The van der Waals surface area contributed by atoms with Gasteiger partial charge in [0.25, 0.3) is 0 Å². The van der Waals surface area contributed by atoms with Crippen molar-refractivity contribution in [2.24, 2.45) is 11.8 Å². The molecule has 0 aliphatic heterocycles. The van der Waals surface area contributed by atoms with Gasteiger partial charge in [-0.1, -0.05) is 0 Å². The average Bonchev–Trinajstić information content (AvgIpc) is 2.59. The summed E-state index contributed by atoms with van der Waals surface area (Å²) in [7, 11) is -0.997. The van der Waals surface area contributed by atoms with E-state index in [9.17, 15) is 10.2 Å². The summed E-state index contributed by atoms with van der Waals surface area (Å²) in [5.74, 6) is 1.19. The third-order valence-electron chi connectivity index (χ3n) is 6.25. The molecule has 2 aliphatic carbocycles. The van der Waals surface area contributed by atoms with Gasteiger partial charge in [-0.3, -0.25) is 0 Å². The first-order valence-corrected chi connectivity index (χ1v) is 15.0. The van der Waals surface area contributed by atoms with Gasteiger partial charge < -0.3 is 23.2 Å². The van der Waals surface area contributed by atoms with Crippen LogP contribution in [0, 0.1) is 11.8 Å². The van der Waals surface area contributed by atoms with Crippen molar-refractivity contribution >= 4 is 17.1 Å². The van der Waals surface area contributed by atoms with Gasteiger partial charge in [-0.25, -0.2) is 0 Å². The predicted octanol–water partition coefficient (Wildman–Crippen LogP) is 3.54. The summed E-state index contributed by atoms with van der Waals surface area (Å²) in [6, 6.07) is 1.98. The largest absolute Gasteiger partial charge is 0.415 e. The van der Waals surface area contributed by atoms with Crippen molar-refractivity contribution in [3.8, 4) is 0 Å². The van der Waals surface area contributed by atoms with Gasteiger partial charge in [0, 0.05) is 14.2 Å². The second kappa shape index (κ2) is 9.44. The first-order valence-electron chi connectivity index (χ1n) is 9.94. The monoisotopic (exact) mass is 390 g/mol. The Labute approximate surface area is 155 Å². The van der Waals surface area contributed by atoms with Crippen molar-refractivity contribution in [2.75, 3.05) is 14.2 Å². The minimum Gasteiger partial charge on any atom is -0.415 e. The maximum Gasteiger partial charge on any atom is 0.326 e. The summed E-state index contributed by atoms with van der Waals surface area (Å²) in [5.41, 5.74) is 0. The van der Waals surface area contributed by atoms with Crippen molar-refractivity contribution in [3.05, 3.63) is 0 Å². The molecule has 25 heavy (non-hydrogen) atoms. The van der Waals surface area contributed by atoms with E-state index >= 15 is 0 Å². The molecule has 2 fully saturated rings. The minimum atomic E-state index is -2.28. The van der Waals surface area contributed by atoms with Crippen LogP contribution in [0.15, 0.2) is 0 Å². The van der Waals surface area contributed by atoms with Crippen LogP contribution < -0.4 is 0 Å². The fourth-order valence-corrected chi connectivity index (χ4v) is 12.8. The number of aliphatic hydroxyl groups is 2. The fourth-order valence-electron chi connectivity index (χ4n) is 4.54. The van der Waals surface area contributed by atoms with Gasteiger partial charge in [0.2, 0.25) is 0 Å². The zero-order valence-electron chi connectivity index (χ0n) is 16.5. The summed E-state index contributed by atoms with van der Waals surface area (Å²) in [6.45, 7) is 4.35. The SMILES string of the molecule is CO[Si](C)(CC1CCC(O)CC1)O[Si](C)(CC1CCC(O)CC1)OC. The molecule has 2 saturated carbocycles. The molecule has 7 heteroatoms. The van der Waals surface area contributed by atoms with E-state index in [1.807, 2.05) is 0 Å². The number of aliphatic hydroxyl groups excluding tert-OH is 2. The normalized spacial score (nSPS) is 35.8. The van der Waals surface area contributed by atoms with Crippen LogP contribution in [0.1, 0.15) is 51.4 Å². The highest BCUT2D eigenvalue weighted by Crippen LogP contribution is 2.36. The molecule has 0 saturated heterocycles. The van der Waals surface area contributed by atoms with Crippen molar-refractivity contribution in [3.63, 3.8) is 0 Å². The Hall–Kier alpha value is 0.234. The Balaban J connectivity index is 1.93. The van der Waals surface area contributed by atoms with E-state index in [2.05, 4.69) is 13.1 Å². The van der Waals surface area contributed by atoms with Gasteiger partial charge in [0.05, 0.1) is 12.2 Å². The minimum absolute atomic E-state index is 0.118. The highest BCUT2D eigenvalue weighted by atomic mass is 28.5. The molecule has 2 N–H and O–H groups in total. The lowest BCUT2D eigenvalue weighted by Gasteiger charge is -2.40. The zero-order valence-corrected chi connectivity index (χ0v) is 18.5. The van der Waals surface area contributed by atoms with Gasteiger partial charge >= 0.3 is 17.1 Å². The molecule has 0 aromatic carbocycles. The van der Waals surface area contributed by atoms with E-state index in [-0.39, 0.29) is 12.2 Å². The molecule has 2 unspecified atom stereocenters. The Bertz CT molecular complexity index is 361. The first-order chi connectivity index (χ1) is 11.8. The summed E-state index contributed by atoms with van der Waals surface area (Å²) in [4.78, 5) is 0. The van der Waals surface area contributed by atoms with E-state index in [1.54, 1.807) is 14.2 Å². The fraction of sp³-hybridized carbons (Fsp3) is 1.00.